The highest BCUT2D eigenvalue weighted by Crippen LogP contribution is 2.35. The van der Waals surface area contributed by atoms with Crippen LogP contribution in [0.4, 0.5) is 5.69 Å². The van der Waals surface area contributed by atoms with Crippen molar-refractivity contribution in [3.05, 3.63) is 29.8 Å². The summed E-state index contributed by atoms with van der Waals surface area (Å²) in [5.41, 5.74) is 0.681. The predicted molar refractivity (Wildman–Crippen MR) is 79.0 cm³/mol. The van der Waals surface area contributed by atoms with Gasteiger partial charge in [-0.05, 0) is 12.2 Å². The SMILES string of the molecule is C=CCNC(=S)Nc1cc(OC)c(Cl)cc1OC. The molecule has 0 aliphatic rings. The number of hydrogen-bond acceptors (Lipinski definition) is 3. The van der Waals surface area contributed by atoms with Crippen molar-refractivity contribution in [3.63, 3.8) is 0 Å². The maximum atomic E-state index is 6.01. The Balaban J connectivity index is 2.92. The summed E-state index contributed by atoms with van der Waals surface area (Å²) in [6.45, 7) is 4.18. The van der Waals surface area contributed by atoms with Crippen molar-refractivity contribution in [1.82, 2.24) is 5.32 Å². The zero-order chi connectivity index (χ0) is 13.5. The molecule has 1 aromatic carbocycles. The maximum Gasteiger partial charge on any atom is 0.171 e. The number of halogens is 1. The van der Waals surface area contributed by atoms with Gasteiger partial charge in [0, 0.05) is 18.7 Å². The number of methoxy groups -OCH3 is 2. The summed E-state index contributed by atoms with van der Waals surface area (Å²) in [5, 5.41) is 6.91. The largest absolute Gasteiger partial charge is 0.495 e. The molecule has 0 heterocycles. The third-order valence-electron chi connectivity index (χ3n) is 2.13. The van der Waals surface area contributed by atoms with E-state index in [4.69, 9.17) is 33.3 Å². The second-order valence-electron chi connectivity index (χ2n) is 3.31. The fourth-order valence-corrected chi connectivity index (χ4v) is 1.71. The molecule has 0 spiro atoms. The summed E-state index contributed by atoms with van der Waals surface area (Å²) in [5.74, 6) is 1.13. The van der Waals surface area contributed by atoms with Gasteiger partial charge in [-0.1, -0.05) is 17.7 Å². The number of nitrogens with one attached hydrogen (secondary N) is 2. The van der Waals surface area contributed by atoms with E-state index in [1.807, 2.05) is 0 Å². The number of rotatable bonds is 5. The van der Waals surface area contributed by atoms with Gasteiger partial charge in [0.05, 0.1) is 24.9 Å². The van der Waals surface area contributed by atoms with Gasteiger partial charge in [-0.3, -0.25) is 0 Å². The van der Waals surface area contributed by atoms with E-state index in [2.05, 4.69) is 17.2 Å². The van der Waals surface area contributed by atoms with Crippen LogP contribution >= 0.6 is 23.8 Å². The van der Waals surface area contributed by atoms with Crippen LogP contribution in [0.3, 0.4) is 0 Å². The highest BCUT2D eigenvalue weighted by molar-refractivity contribution is 7.80. The third-order valence-corrected chi connectivity index (χ3v) is 2.67. The molecule has 0 saturated carbocycles. The second kappa shape index (κ2) is 7.08. The number of benzene rings is 1. The summed E-state index contributed by atoms with van der Waals surface area (Å²) < 4.78 is 10.4. The van der Waals surface area contributed by atoms with Crippen LogP contribution in [0.25, 0.3) is 0 Å². The Hall–Kier alpha value is -1.46. The van der Waals surface area contributed by atoms with Crippen LogP contribution in [0.1, 0.15) is 0 Å². The van der Waals surface area contributed by atoms with E-state index in [0.717, 1.165) is 0 Å². The lowest BCUT2D eigenvalue weighted by Gasteiger charge is -2.14. The first-order chi connectivity index (χ1) is 8.62. The van der Waals surface area contributed by atoms with E-state index >= 15 is 0 Å². The standard InChI is InChI=1S/C12H15ClN2O2S/c1-4-5-14-12(18)15-9-7-10(16-2)8(13)6-11(9)17-3/h4,6-7H,1,5H2,2-3H3,(H2,14,15,18). The molecule has 0 atom stereocenters. The Labute approximate surface area is 117 Å². The topological polar surface area (TPSA) is 42.5 Å². The first-order valence-corrected chi connectivity index (χ1v) is 5.98. The average molecular weight is 287 g/mol. The molecule has 0 fully saturated rings. The van der Waals surface area contributed by atoms with Gasteiger partial charge < -0.3 is 20.1 Å². The molecule has 0 aliphatic carbocycles. The molecular weight excluding hydrogens is 272 g/mol. The van der Waals surface area contributed by atoms with Crippen molar-refractivity contribution < 1.29 is 9.47 Å². The Kier molecular flexibility index (Phi) is 5.74. The van der Waals surface area contributed by atoms with Gasteiger partial charge in [-0.15, -0.1) is 6.58 Å². The van der Waals surface area contributed by atoms with Gasteiger partial charge in [-0.2, -0.15) is 0 Å². The van der Waals surface area contributed by atoms with Crippen molar-refractivity contribution in [3.8, 4) is 11.5 Å². The van der Waals surface area contributed by atoms with E-state index in [-0.39, 0.29) is 0 Å². The quantitative estimate of drug-likeness (QED) is 0.644. The van der Waals surface area contributed by atoms with Gasteiger partial charge in [0.2, 0.25) is 0 Å². The molecule has 0 amide bonds. The summed E-state index contributed by atoms with van der Waals surface area (Å²) in [6, 6.07) is 3.39. The van der Waals surface area contributed by atoms with Crippen LogP contribution in [0, 0.1) is 0 Å². The minimum Gasteiger partial charge on any atom is -0.495 e. The first kappa shape index (κ1) is 14.6. The Morgan fingerprint density at radius 3 is 2.61 bits per heavy atom. The molecule has 0 aliphatic heterocycles. The molecule has 1 aromatic rings. The van der Waals surface area contributed by atoms with Crippen LogP contribution in [-0.2, 0) is 0 Å². The zero-order valence-corrected chi connectivity index (χ0v) is 11.8. The minimum atomic E-state index is 0.470. The number of hydrogen-bond donors (Lipinski definition) is 2. The molecule has 0 unspecified atom stereocenters. The third kappa shape index (κ3) is 3.78. The molecule has 2 N–H and O–H groups in total. The number of anilines is 1. The van der Waals surface area contributed by atoms with E-state index in [0.29, 0.717) is 33.9 Å². The van der Waals surface area contributed by atoms with Crippen LogP contribution in [-0.4, -0.2) is 25.9 Å². The molecule has 18 heavy (non-hydrogen) atoms. The van der Waals surface area contributed by atoms with E-state index in [1.54, 1.807) is 32.4 Å². The summed E-state index contributed by atoms with van der Waals surface area (Å²) in [7, 11) is 3.11. The molecule has 98 valence electrons. The Morgan fingerprint density at radius 1 is 1.39 bits per heavy atom. The van der Waals surface area contributed by atoms with Crippen LogP contribution in [0.2, 0.25) is 5.02 Å². The predicted octanol–water partition coefficient (Wildman–Crippen LogP) is 2.83. The lowest BCUT2D eigenvalue weighted by atomic mass is 10.2. The Morgan fingerprint density at radius 2 is 2.06 bits per heavy atom. The lowest BCUT2D eigenvalue weighted by molar-refractivity contribution is 0.405. The summed E-state index contributed by atoms with van der Waals surface area (Å²) in [6.07, 6.45) is 1.72. The van der Waals surface area contributed by atoms with Crippen molar-refractivity contribution in [2.75, 3.05) is 26.1 Å². The van der Waals surface area contributed by atoms with Crippen LogP contribution in [0.15, 0.2) is 24.8 Å². The normalized spacial score (nSPS) is 9.50. The molecule has 0 radical (unpaired) electrons. The molecule has 6 heteroatoms. The van der Waals surface area contributed by atoms with Crippen molar-refractivity contribution in [1.29, 1.82) is 0 Å². The summed E-state index contributed by atoms with van der Waals surface area (Å²) >= 11 is 11.1. The minimum absolute atomic E-state index is 0.470. The van der Waals surface area contributed by atoms with Crippen LogP contribution < -0.4 is 20.1 Å². The highest BCUT2D eigenvalue weighted by Gasteiger charge is 2.10. The number of thiocarbonyl (C=S) groups is 1. The van der Waals surface area contributed by atoms with E-state index in [9.17, 15) is 0 Å². The first-order valence-electron chi connectivity index (χ1n) is 5.19. The smallest absolute Gasteiger partial charge is 0.171 e. The van der Waals surface area contributed by atoms with Crippen LogP contribution in [0.5, 0.6) is 11.5 Å². The lowest BCUT2D eigenvalue weighted by Crippen LogP contribution is -2.28. The van der Waals surface area contributed by atoms with Crippen molar-refractivity contribution in [2.45, 2.75) is 0 Å². The van der Waals surface area contributed by atoms with Crippen molar-refractivity contribution >= 4 is 34.6 Å². The second-order valence-corrected chi connectivity index (χ2v) is 4.13. The molecule has 0 saturated heterocycles. The maximum absolute atomic E-state index is 6.01. The van der Waals surface area contributed by atoms with Gasteiger partial charge in [0.15, 0.2) is 5.11 Å². The van der Waals surface area contributed by atoms with E-state index in [1.165, 1.54) is 0 Å². The van der Waals surface area contributed by atoms with Gasteiger partial charge in [0.1, 0.15) is 11.5 Å². The van der Waals surface area contributed by atoms with E-state index < -0.39 is 0 Å². The molecule has 0 bridgehead atoms. The molecule has 0 aromatic heterocycles. The average Bonchev–Trinajstić information content (AvgIpc) is 2.37. The van der Waals surface area contributed by atoms with Gasteiger partial charge in [-0.25, -0.2) is 0 Å². The van der Waals surface area contributed by atoms with Gasteiger partial charge in [0.25, 0.3) is 0 Å². The Bertz CT molecular complexity index is 452. The highest BCUT2D eigenvalue weighted by atomic mass is 35.5. The van der Waals surface area contributed by atoms with Gasteiger partial charge >= 0.3 is 0 Å². The zero-order valence-electron chi connectivity index (χ0n) is 10.2. The van der Waals surface area contributed by atoms with Crippen molar-refractivity contribution in [2.24, 2.45) is 0 Å². The fourth-order valence-electron chi connectivity index (χ4n) is 1.29. The molecular formula is C12H15ClN2O2S. The monoisotopic (exact) mass is 286 g/mol. The number of ether oxygens (including phenoxy) is 2. The fraction of sp³-hybridized carbons (Fsp3) is 0.250. The molecule has 1 rings (SSSR count). The summed E-state index contributed by atoms with van der Waals surface area (Å²) in [4.78, 5) is 0. The molecule has 4 nitrogen and oxygen atoms in total.